The first-order valence-corrected chi connectivity index (χ1v) is 9.60. The SMILES string of the molecule is Cc1ccc2[nH]c(-c3cccc(NC(=O)c4coc([C@@H]5CCCN5)n4)c3)nc2n1. The lowest BCUT2D eigenvalue weighted by Gasteiger charge is -2.05. The topological polar surface area (TPSA) is 109 Å². The number of nitrogens with zero attached hydrogens (tertiary/aromatic N) is 3. The minimum atomic E-state index is -0.308. The van der Waals surface area contributed by atoms with Crippen LogP contribution in [0.5, 0.6) is 0 Å². The number of amides is 1. The monoisotopic (exact) mass is 388 g/mol. The number of benzene rings is 1. The fraction of sp³-hybridized carbons (Fsp3) is 0.238. The van der Waals surface area contributed by atoms with Gasteiger partial charge in [0.15, 0.2) is 11.3 Å². The van der Waals surface area contributed by atoms with E-state index in [1.807, 2.05) is 43.3 Å². The predicted octanol–water partition coefficient (Wildman–Crippen LogP) is 3.60. The third kappa shape index (κ3) is 3.50. The predicted molar refractivity (Wildman–Crippen MR) is 108 cm³/mol. The van der Waals surface area contributed by atoms with E-state index < -0.39 is 0 Å². The Labute approximate surface area is 166 Å². The molecule has 5 rings (SSSR count). The van der Waals surface area contributed by atoms with Crippen LogP contribution in [0.25, 0.3) is 22.6 Å². The van der Waals surface area contributed by atoms with Gasteiger partial charge in [-0.15, -0.1) is 0 Å². The highest BCUT2D eigenvalue weighted by atomic mass is 16.3. The average molecular weight is 388 g/mol. The number of fused-ring (bicyclic) bond motifs is 1. The quantitative estimate of drug-likeness (QED) is 0.493. The second kappa shape index (κ2) is 7.14. The Hall–Kier alpha value is -3.52. The number of hydrogen-bond donors (Lipinski definition) is 3. The zero-order valence-electron chi connectivity index (χ0n) is 15.9. The molecule has 1 fully saturated rings. The number of anilines is 1. The highest BCUT2D eigenvalue weighted by molar-refractivity contribution is 6.02. The first kappa shape index (κ1) is 17.6. The molecule has 29 heavy (non-hydrogen) atoms. The number of aryl methyl sites for hydroxylation is 1. The number of imidazole rings is 1. The highest BCUT2D eigenvalue weighted by Gasteiger charge is 2.23. The summed E-state index contributed by atoms with van der Waals surface area (Å²) >= 11 is 0. The van der Waals surface area contributed by atoms with E-state index >= 15 is 0 Å². The number of hydrogen-bond acceptors (Lipinski definition) is 6. The van der Waals surface area contributed by atoms with Gasteiger partial charge in [0.1, 0.15) is 12.1 Å². The van der Waals surface area contributed by atoms with Gasteiger partial charge in [-0.2, -0.15) is 0 Å². The van der Waals surface area contributed by atoms with Gasteiger partial charge >= 0.3 is 0 Å². The largest absolute Gasteiger partial charge is 0.446 e. The molecule has 8 nitrogen and oxygen atoms in total. The summed E-state index contributed by atoms with van der Waals surface area (Å²) in [5.74, 6) is 0.953. The van der Waals surface area contributed by atoms with Crippen LogP contribution < -0.4 is 10.6 Å². The third-order valence-electron chi connectivity index (χ3n) is 4.99. The van der Waals surface area contributed by atoms with E-state index in [9.17, 15) is 4.79 Å². The standard InChI is InChI=1S/C21H20N6O2/c1-12-7-8-15-19(23-12)27-18(25-15)13-4-2-5-14(10-13)24-20(28)17-11-29-21(26-17)16-6-3-9-22-16/h2,4-5,7-8,10-11,16,22H,3,6,9H2,1H3,(H,24,28)(H,23,25,27)/t16-/m0/s1. The summed E-state index contributed by atoms with van der Waals surface area (Å²) in [4.78, 5) is 29.2. The van der Waals surface area contributed by atoms with E-state index in [0.717, 1.165) is 36.2 Å². The first-order chi connectivity index (χ1) is 14.2. The number of pyridine rings is 1. The van der Waals surface area contributed by atoms with Crippen LogP contribution in [-0.2, 0) is 0 Å². The summed E-state index contributed by atoms with van der Waals surface area (Å²) in [6.07, 6.45) is 3.45. The molecule has 0 spiro atoms. The number of rotatable bonds is 4. The highest BCUT2D eigenvalue weighted by Crippen LogP contribution is 2.24. The van der Waals surface area contributed by atoms with Gasteiger partial charge in [0.25, 0.3) is 5.91 Å². The number of nitrogens with one attached hydrogen (secondary N) is 3. The summed E-state index contributed by atoms with van der Waals surface area (Å²) in [5, 5.41) is 6.19. The van der Waals surface area contributed by atoms with Gasteiger partial charge < -0.3 is 20.0 Å². The molecule has 1 amide bonds. The Morgan fingerprint density at radius 1 is 1.21 bits per heavy atom. The normalized spacial score (nSPS) is 16.4. The fourth-order valence-electron chi connectivity index (χ4n) is 3.51. The summed E-state index contributed by atoms with van der Waals surface area (Å²) in [7, 11) is 0. The molecular weight excluding hydrogens is 368 g/mol. The van der Waals surface area contributed by atoms with E-state index in [2.05, 4.69) is 30.6 Å². The van der Waals surface area contributed by atoms with Crippen molar-refractivity contribution < 1.29 is 9.21 Å². The molecule has 4 heterocycles. The van der Waals surface area contributed by atoms with Crippen LogP contribution in [0.1, 0.15) is 41.0 Å². The van der Waals surface area contributed by atoms with Crippen molar-refractivity contribution in [1.29, 1.82) is 0 Å². The molecule has 1 aliphatic heterocycles. The smallest absolute Gasteiger partial charge is 0.277 e. The molecule has 0 unspecified atom stereocenters. The molecular formula is C21H20N6O2. The van der Waals surface area contributed by atoms with Gasteiger partial charge in [-0.3, -0.25) is 4.79 Å². The number of aromatic nitrogens is 4. The van der Waals surface area contributed by atoms with E-state index in [1.54, 1.807) is 0 Å². The van der Waals surface area contributed by atoms with Crippen molar-refractivity contribution in [3.8, 4) is 11.4 Å². The number of H-pyrrole nitrogens is 1. The minimum Gasteiger partial charge on any atom is -0.446 e. The summed E-state index contributed by atoms with van der Waals surface area (Å²) < 4.78 is 5.49. The number of carbonyl (C=O) groups excluding carboxylic acids is 1. The van der Waals surface area contributed by atoms with Gasteiger partial charge in [0.05, 0.1) is 11.6 Å². The number of carbonyl (C=O) groups is 1. The van der Waals surface area contributed by atoms with Crippen LogP contribution >= 0.6 is 0 Å². The Bertz CT molecular complexity index is 1190. The van der Waals surface area contributed by atoms with Crippen molar-refractivity contribution in [1.82, 2.24) is 25.3 Å². The van der Waals surface area contributed by atoms with E-state index in [1.165, 1.54) is 6.26 Å². The fourth-order valence-corrected chi connectivity index (χ4v) is 3.51. The molecule has 8 heteroatoms. The van der Waals surface area contributed by atoms with Crippen LogP contribution in [-0.4, -0.2) is 32.4 Å². The van der Waals surface area contributed by atoms with Crippen LogP contribution in [0.4, 0.5) is 5.69 Å². The van der Waals surface area contributed by atoms with E-state index in [4.69, 9.17) is 4.42 Å². The molecule has 4 aromatic rings. The van der Waals surface area contributed by atoms with Crippen molar-refractivity contribution in [2.75, 3.05) is 11.9 Å². The van der Waals surface area contributed by atoms with E-state index in [0.29, 0.717) is 23.0 Å². The molecule has 3 aromatic heterocycles. The molecule has 1 atom stereocenters. The second-order valence-corrected chi connectivity index (χ2v) is 7.16. The van der Waals surface area contributed by atoms with Crippen LogP contribution in [0.2, 0.25) is 0 Å². The maximum Gasteiger partial charge on any atom is 0.277 e. The molecule has 0 bridgehead atoms. The summed E-state index contributed by atoms with van der Waals surface area (Å²) in [6.45, 7) is 2.88. The zero-order chi connectivity index (χ0) is 19.8. The van der Waals surface area contributed by atoms with Crippen molar-refractivity contribution in [2.24, 2.45) is 0 Å². The van der Waals surface area contributed by atoms with Gasteiger partial charge in [-0.05, 0) is 50.6 Å². The van der Waals surface area contributed by atoms with Crippen LogP contribution in [0.15, 0.2) is 47.1 Å². The maximum absolute atomic E-state index is 12.6. The minimum absolute atomic E-state index is 0.0882. The Kier molecular flexibility index (Phi) is 4.33. The number of aromatic amines is 1. The lowest BCUT2D eigenvalue weighted by Crippen LogP contribution is -2.15. The maximum atomic E-state index is 12.6. The molecule has 0 aliphatic carbocycles. The lowest BCUT2D eigenvalue weighted by molar-refractivity contribution is 0.102. The zero-order valence-corrected chi connectivity index (χ0v) is 15.9. The summed E-state index contributed by atoms with van der Waals surface area (Å²) in [6, 6.07) is 11.5. The van der Waals surface area contributed by atoms with Gasteiger partial charge in [0.2, 0.25) is 5.89 Å². The third-order valence-corrected chi connectivity index (χ3v) is 4.99. The van der Waals surface area contributed by atoms with Crippen LogP contribution in [0, 0.1) is 6.92 Å². The van der Waals surface area contributed by atoms with Gasteiger partial charge in [-0.1, -0.05) is 12.1 Å². The molecule has 1 saturated heterocycles. The van der Waals surface area contributed by atoms with Crippen molar-refractivity contribution in [3.05, 3.63) is 59.9 Å². The Morgan fingerprint density at radius 2 is 2.14 bits per heavy atom. The number of oxazole rings is 1. The van der Waals surface area contributed by atoms with Crippen molar-refractivity contribution in [2.45, 2.75) is 25.8 Å². The second-order valence-electron chi connectivity index (χ2n) is 7.16. The molecule has 0 saturated carbocycles. The first-order valence-electron chi connectivity index (χ1n) is 9.60. The molecule has 0 radical (unpaired) electrons. The molecule has 3 N–H and O–H groups in total. The van der Waals surface area contributed by atoms with Gasteiger partial charge in [-0.25, -0.2) is 15.0 Å². The van der Waals surface area contributed by atoms with E-state index in [-0.39, 0.29) is 17.6 Å². The lowest BCUT2D eigenvalue weighted by atomic mass is 10.2. The molecule has 1 aliphatic rings. The Morgan fingerprint density at radius 3 is 3.00 bits per heavy atom. The molecule has 1 aromatic carbocycles. The molecule has 146 valence electrons. The van der Waals surface area contributed by atoms with Gasteiger partial charge in [0, 0.05) is 16.9 Å². The summed E-state index contributed by atoms with van der Waals surface area (Å²) in [5.41, 5.74) is 4.23. The Balaban J connectivity index is 1.36. The van der Waals surface area contributed by atoms with Crippen molar-refractivity contribution >= 4 is 22.8 Å². The van der Waals surface area contributed by atoms with Crippen molar-refractivity contribution in [3.63, 3.8) is 0 Å². The van der Waals surface area contributed by atoms with Crippen LogP contribution in [0.3, 0.4) is 0 Å². The average Bonchev–Trinajstić information content (AvgIpc) is 3.47.